The van der Waals surface area contributed by atoms with E-state index in [9.17, 15) is 19.5 Å². The van der Waals surface area contributed by atoms with Crippen molar-refractivity contribution in [3.05, 3.63) is 11.3 Å². The molecule has 142 valence electrons. The molecule has 1 aromatic heterocycles. The number of hydrogen-bond acceptors (Lipinski definition) is 8. The fraction of sp³-hybridized carbons (Fsp3) is 0.533. The van der Waals surface area contributed by atoms with Crippen molar-refractivity contribution in [2.24, 2.45) is 13.0 Å². The van der Waals surface area contributed by atoms with Crippen molar-refractivity contribution in [3.63, 3.8) is 0 Å². The minimum atomic E-state index is -1.16. The van der Waals surface area contributed by atoms with Gasteiger partial charge < -0.3 is 11.4 Å². The third-order valence-electron chi connectivity index (χ3n) is 5.16. The summed E-state index contributed by atoms with van der Waals surface area (Å²) in [7, 11) is 1.69. The van der Waals surface area contributed by atoms with Crippen molar-refractivity contribution in [3.8, 4) is 6.07 Å². The van der Waals surface area contributed by atoms with Gasteiger partial charge in [0.2, 0.25) is 11.1 Å². The Hall–Kier alpha value is -1.94. The number of aliphatic carboxylic acids is 1. The number of nitrogens with zero attached hydrogens (tertiary/aromatic N) is 7. The van der Waals surface area contributed by atoms with Crippen LogP contribution in [0, 0.1) is 17.2 Å². The Bertz CT molecular complexity index is 932. The molecule has 13 heteroatoms. The van der Waals surface area contributed by atoms with E-state index in [2.05, 4.69) is 15.5 Å². The fourth-order valence-corrected chi connectivity index (χ4v) is 4.96. The van der Waals surface area contributed by atoms with Crippen molar-refractivity contribution in [2.75, 3.05) is 12.3 Å². The summed E-state index contributed by atoms with van der Waals surface area (Å²) in [6.45, 7) is 0.352. The molecule has 0 aromatic carbocycles. The van der Waals surface area contributed by atoms with E-state index in [1.54, 1.807) is 7.05 Å². The number of carboxylic acids is 1. The number of aromatic nitrogens is 4. The largest absolute Gasteiger partial charge is 1.00 e. The van der Waals surface area contributed by atoms with Gasteiger partial charge in [-0.1, -0.05) is 11.8 Å². The van der Waals surface area contributed by atoms with Crippen LogP contribution in [0.5, 0.6) is 0 Å². The zero-order valence-corrected chi connectivity index (χ0v) is 18.1. The van der Waals surface area contributed by atoms with E-state index in [-0.39, 0.29) is 61.0 Å². The predicted octanol–water partition coefficient (Wildman–Crippen LogP) is -3.89. The molecule has 0 saturated carbocycles. The zero-order valence-electron chi connectivity index (χ0n) is 16.3. The van der Waals surface area contributed by atoms with Gasteiger partial charge in [-0.3, -0.25) is 14.5 Å². The van der Waals surface area contributed by atoms with Crippen LogP contribution < -0.4 is 29.6 Å². The van der Waals surface area contributed by atoms with Gasteiger partial charge in [0.1, 0.15) is 18.2 Å². The van der Waals surface area contributed by atoms with Crippen LogP contribution in [0.3, 0.4) is 0 Å². The van der Waals surface area contributed by atoms with E-state index in [0.29, 0.717) is 29.4 Å². The molecule has 2 amide bonds. The molecule has 2 saturated heterocycles. The summed E-state index contributed by atoms with van der Waals surface area (Å²) < 4.78 is 1.49. The van der Waals surface area contributed by atoms with Crippen molar-refractivity contribution in [1.29, 1.82) is 5.26 Å². The maximum atomic E-state index is 12.6. The average Bonchev–Trinajstić information content (AvgIpc) is 3.20. The number of hydrogen-bond donors (Lipinski definition) is 1. The Morgan fingerprint density at radius 2 is 2.21 bits per heavy atom. The van der Waals surface area contributed by atoms with Crippen molar-refractivity contribution in [2.45, 2.75) is 30.1 Å². The monoisotopic (exact) mass is 413 g/mol. The molecule has 3 aliphatic rings. The standard InChI is InChI=1S/C15H15N7O4S.Na.H/c1-20-15(17-18-19-20)27-6-8-4-7-5-21(9(23)2-3-16)12-10(7)22(13(12)24)11(8)14(25)26;;/h7,10,12H,2,4-6H2,1H3,(H,25,26);;/q;+1;-1/t7-,10-,12+;;/m1../s1. The third-order valence-corrected chi connectivity index (χ3v) is 6.25. The van der Waals surface area contributed by atoms with Crippen LogP contribution in [0.2, 0.25) is 0 Å². The van der Waals surface area contributed by atoms with Gasteiger partial charge in [-0.2, -0.15) is 5.26 Å². The Morgan fingerprint density at radius 3 is 2.82 bits per heavy atom. The molecule has 11 nitrogen and oxygen atoms in total. The van der Waals surface area contributed by atoms with E-state index < -0.39 is 17.9 Å². The number of aryl methyl sites for hydroxylation is 1. The second kappa shape index (κ2) is 7.82. The molecular weight excluding hydrogens is 397 g/mol. The van der Waals surface area contributed by atoms with Crippen LogP contribution in [-0.2, 0) is 21.4 Å². The van der Waals surface area contributed by atoms with Crippen molar-refractivity contribution in [1.82, 2.24) is 30.0 Å². The number of rotatable bonds is 5. The minimum Gasteiger partial charge on any atom is -1.00 e. The number of amides is 2. The van der Waals surface area contributed by atoms with Gasteiger partial charge in [0.05, 0.1) is 12.1 Å². The molecule has 4 rings (SSSR count). The maximum Gasteiger partial charge on any atom is 1.00 e. The summed E-state index contributed by atoms with van der Waals surface area (Å²) >= 11 is 1.30. The molecule has 2 fully saturated rings. The van der Waals surface area contributed by atoms with Crippen LogP contribution in [0.1, 0.15) is 14.3 Å². The van der Waals surface area contributed by atoms with E-state index in [1.807, 2.05) is 6.07 Å². The first-order valence-corrected chi connectivity index (χ1v) is 9.22. The number of likely N-dealkylation sites (tertiary alicyclic amines) is 1. The molecule has 1 aromatic rings. The van der Waals surface area contributed by atoms with Crippen LogP contribution in [0.25, 0.3) is 0 Å². The van der Waals surface area contributed by atoms with Crippen LogP contribution in [-0.4, -0.2) is 77.3 Å². The molecule has 0 bridgehead atoms. The molecule has 28 heavy (non-hydrogen) atoms. The van der Waals surface area contributed by atoms with E-state index in [4.69, 9.17) is 5.26 Å². The van der Waals surface area contributed by atoms with Crippen molar-refractivity contribution >= 4 is 29.5 Å². The molecule has 1 N–H and O–H groups in total. The van der Waals surface area contributed by atoms with Crippen LogP contribution >= 0.6 is 11.8 Å². The van der Waals surface area contributed by atoms with Gasteiger partial charge in [-0.15, -0.1) is 5.10 Å². The molecule has 0 aliphatic carbocycles. The minimum absolute atomic E-state index is 0. The first-order chi connectivity index (χ1) is 12.9. The van der Waals surface area contributed by atoms with Crippen molar-refractivity contribution < 1.29 is 50.5 Å². The third kappa shape index (κ3) is 3.12. The number of carbonyl (C=O) groups is 3. The zero-order chi connectivity index (χ0) is 19.3. The van der Waals surface area contributed by atoms with Gasteiger partial charge in [0.15, 0.2) is 0 Å². The topological polar surface area (TPSA) is 145 Å². The first kappa shape index (κ1) is 20.8. The normalized spacial score (nSPS) is 25.0. The first-order valence-electron chi connectivity index (χ1n) is 8.24. The molecule has 0 radical (unpaired) electrons. The summed E-state index contributed by atoms with van der Waals surface area (Å²) in [5, 5.41) is 30.1. The number of tetrazole rings is 1. The molecule has 3 aliphatic heterocycles. The molecular formula is C15H16N7NaO4S. The van der Waals surface area contributed by atoms with Crippen LogP contribution in [0.15, 0.2) is 16.4 Å². The number of carboxylic acid groups (broad SMARTS) is 1. The van der Waals surface area contributed by atoms with E-state index in [1.165, 1.54) is 26.2 Å². The Balaban J connectivity index is 0.00000150. The fourth-order valence-electron chi connectivity index (χ4n) is 4.09. The van der Waals surface area contributed by atoms with Gasteiger partial charge >= 0.3 is 35.5 Å². The average molecular weight is 413 g/mol. The quantitative estimate of drug-likeness (QED) is 0.291. The number of β-lactam (4-membered cyclic amide) rings is 1. The smallest absolute Gasteiger partial charge is 1.00 e. The Kier molecular flexibility index (Phi) is 5.81. The number of carbonyl (C=O) groups excluding carboxylic acids is 2. The molecule has 4 heterocycles. The molecule has 0 unspecified atom stereocenters. The maximum absolute atomic E-state index is 12.6. The predicted molar refractivity (Wildman–Crippen MR) is 89.8 cm³/mol. The van der Waals surface area contributed by atoms with Gasteiger partial charge in [0, 0.05) is 25.3 Å². The van der Waals surface area contributed by atoms with Gasteiger partial charge in [-0.25, -0.2) is 9.48 Å². The number of nitriles is 1. The van der Waals surface area contributed by atoms with E-state index >= 15 is 0 Å². The van der Waals surface area contributed by atoms with E-state index in [0.717, 1.165) is 0 Å². The second-order valence-electron chi connectivity index (χ2n) is 6.62. The second-order valence-corrected chi connectivity index (χ2v) is 7.56. The van der Waals surface area contributed by atoms with Gasteiger partial charge in [0.25, 0.3) is 5.91 Å². The van der Waals surface area contributed by atoms with Gasteiger partial charge in [-0.05, 0) is 22.4 Å². The number of thioether (sulfide) groups is 1. The SMILES string of the molecule is Cn1nnnc1SCC1=C(C(=O)O)N2C(=O)[C@@H]3[C@H]2[C@H](C1)CN3C(=O)CC#N.[H-].[Na+]. The summed E-state index contributed by atoms with van der Waals surface area (Å²) in [5.74, 6) is -1.64. The summed E-state index contributed by atoms with van der Waals surface area (Å²) in [6.07, 6.45) is 0.186. The summed E-state index contributed by atoms with van der Waals surface area (Å²) in [5.41, 5.74) is 0.618. The molecule has 3 atom stereocenters. The Morgan fingerprint density at radius 1 is 1.46 bits per heavy atom. The summed E-state index contributed by atoms with van der Waals surface area (Å²) in [6, 6.07) is 0.837. The Labute approximate surface area is 187 Å². The van der Waals surface area contributed by atoms with Crippen LogP contribution in [0.4, 0.5) is 0 Å². The molecule has 0 spiro atoms. The summed E-state index contributed by atoms with van der Waals surface area (Å²) in [4.78, 5) is 39.4.